The fourth-order valence-corrected chi connectivity index (χ4v) is 2.29. The van der Waals surface area contributed by atoms with Gasteiger partial charge in [0.25, 0.3) is 0 Å². The standard InChI is InChI=1S/C17H24N4O6/c18-11-3-1-10(2-4-11)9-20-12(5-7-14(19)22)16(25)21-13(17(26)27)6-8-15(23)24/h1-4,12-13,20H,5-9,18H2,(H2,19,22)(H,21,25)(H,23,24)(H,26,27)/t12-,13-/m0/s1. The number of rotatable bonds is 12. The summed E-state index contributed by atoms with van der Waals surface area (Å²) in [6.07, 6.45) is -0.653. The van der Waals surface area contributed by atoms with Gasteiger partial charge in [-0.3, -0.25) is 14.4 Å². The quantitative estimate of drug-likeness (QED) is 0.260. The summed E-state index contributed by atoms with van der Waals surface area (Å²) in [6, 6.07) is 4.70. The van der Waals surface area contributed by atoms with Gasteiger partial charge >= 0.3 is 11.9 Å². The first-order valence-electron chi connectivity index (χ1n) is 8.30. The van der Waals surface area contributed by atoms with E-state index in [1.807, 2.05) is 0 Å². The van der Waals surface area contributed by atoms with E-state index in [0.717, 1.165) is 5.56 Å². The van der Waals surface area contributed by atoms with Crippen molar-refractivity contribution in [3.8, 4) is 0 Å². The number of carbonyl (C=O) groups is 4. The van der Waals surface area contributed by atoms with Crippen molar-refractivity contribution >= 4 is 29.4 Å². The largest absolute Gasteiger partial charge is 0.481 e. The van der Waals surface area contributed by atoms with Gasteiger partial charge in [-0.05, 0) is 30.5 Å². The van der Waals surface area contributed by atoms with Gasteiger partial charge < -0.3 is 32.3 Å². The second kappa shape index (κ2) is 10.8. The van der Waals surface area contributed by atoms with Crippen molar-refractivity contribution in [3.05, 3.63) is 29.8 Å². The summed E-state index contributed by atoms with van der Waals surface area (Å²) in [5.41, 5.74) is 12.2. The van der Waals surface area contributed by atoms with Crippen LogP contribution in [0.15, 0.2) is 24.3 Å². The predicted molar refractivity (Wildman–Crippen MR) is 96.3 cm³/mol. The van der Waals surface area contributed by atoms with Gasteiger partial charge in [-0.15, -0.1) is 0 Å². The molecule has 2 atom stereocenters. The van der Waals surface area contributed by atoms with Crippen LogP contribution in [0, 0.1) is 0 Å². The number of carboxylic acid groups (broad SMARTS) is 2. The summed E-state index contributed by atoms with van der Waals surface area (Å²) in [5, 5.41) is 23.1. The third-order valence-corrected chi connectivity index (χ3v) is 3.79. The number of carboxylic acids is 2. The van der Waals surface area contributed by atoms with Crippen molar-refractivity contribution in [1.29, 1.82) is 0 Å². The van der Waals surface area contributed by atoms with E-state index in [1.165, 1.54) is 0 Å². The van der Waals surface area contributed by atoms with Crippen LogP contribution in [0.1, 0.15) is 31.2 Å². The van der Waals surface area contributed by atoms with Crippen molar-refractivity contribution in [2.24, 2.45) is 5.73 Å². The van der Waals surface area contributed by atoms with Gasteiger partial charge in [-0.25, -0.2) is 4.79 Å². The molecule has 0 radical (unpaired) electrons. The third-order valence-electron chi connectivity index (χ3n) is 3.79. The number of hydrogen-bond donors (Lipinski definition) is 6. The van der Waals surface area contributed by atoms with Crippen LogP contribution < -0.4 is 22.1 Å². The third kappa shape index (κ3) is 8.68. The summed E-state index contributed by atoms with van der Waals surface area (Å²) in [7, 11) is 0. The number of primary amides is 1. The summed E-state index contributed by atoms with van der Waals surface area (Å²) in [4.78, 5) is 45.3. The van der Waals surface area contributed by atoms with Crippen LogP contribution in [0.5, 0.6) is 0 Å². The molecular formula is C17H24N4O6. The fraction of sp³-hybridized carbons (Fsp3) is 0.412. The Balaban J connectivity index is 2.75. The highest BCUT2D eigenvalue weighted by Crippen LogP contribution is 2.07. The van der Waals surface area contributed by atoms with Gasteiger partial charge in [0.2, 0.25) is 11.8 Å². The molecule has 8 N–H and O–H groups in total. The second-order valence-corrected chi connectivity index (χ2v) is 6.01. The molecule has 10 nitrogen and oxygen atoms in total. The molecule has 1 aromatic rings. The lowest BCUT2D eigenvalue weighted by molar-refractivity contribution is -0.143. The van der Waals surface area contributed by atoms with Gasteiger partial charge in [-0.2, -0.15) is 0 Å². The smallest absolute Gasteiger partial charge is 0.326 e. The SMILES string of the molecule is NC(=O)CC[C@H](NCc1ccc(N)cc1)C(=O)N[C@@H](CCC(=O)O)C(=O)O. The van der Waals surface area contributed by atoms with Crippen molar-refractivity contribution in [1.82, 2.24) is 10.6 Å². The maximum Gasteiger partial charge on any atom is 0.326 e. The first kappa shape index (κ1) is 21.9. The Bertz CT molecular complexity index is 677. The van der Waals surface area contributed by atoms with E-state index in [9.17, 15) is 19.2 Å². The summed E-state index contributed by atoms with van der Waals surface area (Å²) < 4.78 is 0. The monoisotopic (exact) mass is 380 g/mol. The molecular weight excluding hydrogens is 356 g/mol. The fourth-order valence-electron chi connectivity index (χ4n) is 2.29. The zero-order valence-corrected chi connectivity index (χ0v) is 14.7. The zero-order valence-electron chi connectivity index (χ0n) is 14.7. The lowest BCUT2D eigenvalue weighted by atomic mass is 10.1. The molecule has 0 bridgehead atoms. The zero-order chi connectivity index (χ0) is 20.4. The molecule has 0 aromatic heterocycles. The Morgan fingerprint density at radius 2 is 1.56 bits per heavy atom. The molecule has 0 heterocycles. The molecule has 27 heavy (non-hydrogen) atoms. The number of anilines is 1. The van der Waals surface area contributed by atoms with Crippen molar-refractivity contribution in [3.63, 3.8) is 0 Å². The summed E-state index contributed by atoms with van der Waals surface area (Å²) in [5.74, 6) is -3.74. The van der Waals surface area contributed by atoms with E-state index in [2.05, 4.69) is 10.6 Å². The highest BCUT2D eigenvalue weighted by Gasteiger charge is 2.25. The Hall–Kier alpha value is -3.14. The van der Waals surface area contributed by atoms with Crippen molar-refractivity contribution in [2.45, 2.75) is 44.3 Å². The molecule has 0 unspecified atom stereocenters. The Morgan fingerprint density at radius 1 is 0.963 bits per heavy atom. The highest BCUT2D eigenvalue weighted by molar-refractivity contribution is 5.87. The molecule has 2 amide bonds. The molecule has 148 valence electrons. The maximum absolute atomic E-state index is 12.4. The van der Waals surface area contributed by atoms with E-state index in [1.54, 1.807) is 24.3 Å². The molecule has 0 aliphatic rings. The number of nitrogen functional groups attached to an aromatic ring is 1. The lowest BCUT2D eigenvalue weighted by Crippen LogP contribution is -2.50. The van der Waals surface area contributed by atoms with E-state index in [4.69, 9.17) is 21.7 Å². The Kier molecular flexibility index (Phi) is 8.73. The van der Waals surface area contributed by atoms with E-state index >= 15 is 0 Å². The molecule has 0 aliphatic heterocycles. The number of aliphatic carboxylic acids is 2. The number of amides is 2. The number of nitrogens with two attached hydrogens (primary N) is 2. The van der Waals surface area contributed by atoms with Gasteiger partial charge in [0, 0.05) is 25.1 Å². The predicted octanol–water partition coefficient (Wildman–Crippen LogP) is -0.573. The summed E-state index contributed by atoms with van der Waals surface area (Å²) >= 11 is 0. The van der Waals surface area contributed by atoms with Crippen LogP contribution in [0.3, 0.4) is 0 Å². The summed E-state index contributed by atoms with van der Waals surface area (Å²) in [6.45, 7) is 0.282. The minimum Gasteiger partial charge on any atom is -0.481 e. The van der Waals surface area contributed by atoms with Gasteiger partial charge in [-0.1, -0.05) is 12.1 Å². The molecule has 0 saturated heterocycles. The minimum atomic E-state index is -1.34. The highest BCUT2D eigenvalue weighted by atomic mass is 16.4. The van der Waals surface area contributed by atoms with Crippen LogP contribution in [-0.2, 0) is 25.7 Å². The van der Waals surface area contributed by atoms with Crippen molar-refractivity contribution in [2.75, 3.05) is 5.73 Å². The van der Waals surface area contributed by atoms with Crippen LogP contribution in [0.25, 0.3) is 0 Å². The molecule has 10 heteroatoms. The van der Waals surface area contributed by atoms with Crippen LogP contribution in [0.2, 0.25) is 0 Å². The Morgan fingerprint density at radius 3 is 2.07 bits per heavy atom. The molecule has 0 saturated carbocycles. The molecule has 0 fully saturated rings. The maximum atomic E-state index is 12.4. The van der Waals surface area contributed by atoms with Gasteiger partial charge in [0.1, 0.15) is 6.04 Å². The van der Waals surface area contributed by atoms with Crippen LogP contribution >= 0.6 is 0 Å². The van der Waals surface area contributed by atoms with Gasteiger partial charge in [0.15, 0.2) is 0 Å². The van der Waals surface area contributed by atoms with Crippen LogP contribution in [0.4, 0.5) is 5.69 Å². The molecule has 0 spiro atoms. The Labute approximate surface area is 155 Å². The number of nitrogens with one attached hydrogen (secondary N) is 2. The number of hydrogen-bond acceptors (Lipinski definition) is 6. The van der Waals surface area contributed by atoms with Crippen LogP contribution in [-0.4, -0.2) is 46.0 Å². The van der Waals surface area contributed by atoms with E-state index < -0.39 is 42.3 Å². The van der Waals surface area contributed by atoms with E-state index in [-0.39, 0.29) is 25.8 Å². The van der Waals surface area contributed by atoms with E-state index in [0.29, 0.717) is 5.69 Å². The first-order valence-corrected chi connectivity index (χ1v) is 8.30. The number of benzene rings is 1. The normalized spacial score (nSPS) is 12.7. The molecule has 1 rings (SSSR count). The molecule has 0 aliphatic carbocycles. The first-order chi connectivity index (χ1) is 12.7. The minimum absolute atomic E-state index is 0.0698. The van der Waals surface area contributed by atoms with Gasteiger partial charge in [0.05, 0.1) is 6.04 Å². The van der Waals surface area contributed by atoms with Crippen molar-refractivity contribution < 1.29 is 29.4 Å². The average molecular weight is 380 g/mol. The second-order valence-electron chi connectivity index (χ2n) is 6.01. The number of carbonyl (C=O) groups excluding carboxylic acids is 2. The average Bonchev–Trinajstić information content (AvgIpc) is 2.59. The molecule has 1 aromatic carbocycles. The topological polar surface area (TPSA) is 185 Å². The lowest BCUT2D eigenvalue weighted by Gasteiger charge is -2.21.